The average molecular weight is 694 g/mol. The van der Waals surface area contributed by atoms with Crippen LogP contribution in [0.3, 0.4) is 0 Å². The van der Waals surface area contributed by atoms with E-state index in [1.165, 1.54) is 64.0 Å². The van der Waals surface area contributed by atoms with Crippen LogP contribution in [0.2, 0.25) is 0 Å². The monoisotopic (exact) mass is 693 g/mol. The summed E-state index contributed by atoms with van der Waals surface area (Å²) in [5.74, 6) is 0.526. The first kappa shape index (κ1) is 30.4. The first-order chi connectivity index (χ1) is 26.3. The largest absolute Gasteiger partial charge is 0.310 e. The fourth-order valence-electron chi connectivity index (χ4n) is 9.51. The molecule has 2 aliphatic carbocycles. The van der Waals surface area contributed by atoms with Crippen LogP contribution >= 0.6 is 11.3 Å². The molecule has 11 rings (SSSR count). The zero-order valence-electron chi connectivity index (χ0n) is 29.1. The van der Waals surface area contributed by atoms with E-state index >= 15 is 0 Å². The van der Waals surface area contributed by atoms with E-state index in [-0.39, 0.29) is 17.3 Å². The fourth-order valence-corrected chi connectivity index (χ4v) is 10.6. The Kier molecular flexibility index (Phi) is 6.84. The Balaban J connectivity index is 1.19. The van der Waals surface area contributed by atoms with Gasteiger partial charge < -0.3 is 4.90 Å². The SMILES string of the molecule is C1=CC2c3ccc(N(c4ccc5c(c4)sc4ccccc45)c4ccc5ccc6ccccc6c5c4)cc3C(c3ccccc3)(c3ccccc3)C2C=C1. The predicted molar refractivity (Wildman–Crippen MR) is 226 cm³/mol. The van der Waals surface area contributed by atoms with Gasteiger partial charge in [0.15, 0.2) is 0 Å². The van der Waals surface area contributed by atoms with Crippen LogP contribution < -0.4 is 4.90 Å². The van der Waals surface area contributed by atoms with Crippen molar-refractivity contribution in [1.82, 2.24) is 0 Å². The van der Waals surface area contributed by atoms with Crippen molar-refractivity contribution in [3.05, 3.63) is 222 Å². The highest BCUT2D eigenvalue weighted by Gasteiger charge is 2.53. The summed E-state index contributed by atoms with van der Waals surface area (Å²) in [4.78, 5) is 2.49. The van der Waals surface area contributed by atoms with Crippen molar-refractivity contribution < 1.29 is 0 Å². The van der Waals surface area contributed by atoms with Gasteiger partial charge in [-0.3, -0.25) is 0 Å². The van der Waals surface area contributed by atoms with Crippen molar-refractivity contribution in [3.63, 3.8) is 0 Å². The summed E-state index contributed by atoms with van der Waals surface area (Å²) in [5.41, 5.74) is 8.53. The molecule has 2 aliphatic rings. The molecule has 0 amide bonds. The molecule has 53 heavy (non-hydrogen) atoms. The number of hydrogen-bond donors (Lipinski definition) is 0. The van der Waals surface area contributed by atoms with Crippen LogP contribution in [0.4, 0.5) is 17.1 Å². The van der Waals surface area contributed by atoms with Gasteiger partial charge in [0.1, 0.15) is 0 Å². The maximum Gasteiger partial charge on any atom is 0.0526 e. The van der Waals surface area contributed by atoms with Crippen molar-refractivity contribution in [2.45, 2.75) is 11.3 Å². The van der Waals surface area contributed by atoms with E-state index in [1.54, 1.807) is 0 Å². The van der Waals surface area contributed by atoms with E-state index in [9.17, 15) is 0 Å². The van der Waals surface area contributed by atoms with E-state index < -0.39 is 0 Å². The molecular formula is C51H35NS. The number of allylic oxidation sites excluding steroid dienone is 4. The Hall–Kier alpha value is -6.22. The first-order valence-electron chi connectivity index (χ1n) is 18.5. The number of hydrogen-bond acceptors (Lipinski definition) is 2. The summed E-state index contributed by atoms with van der Waals surface area (Å²) in [7, 11) is 0. The van der Waals surface area contributed by atoms with Gasteiger partial charge in [-0.1, -0.05) is 158 Å². The maximum absolute atomic E-state index is 2.51. The number of benzene rings is 8. The second-order valence-corrected chi connectivity index (χ2v) is 15.5. The smallest absolute Gasteiger partial charge is 0.0526 e. The molecule has 0 aliphatic heterocycles. The van der Waals surface area contributed by atoms with Crippen molar-refractivity contribution in [1.29, 1.82) is 0 Å². The minimum absolute atomic E-state index is 0.248. The Morgan fingerprint density at radius 3 is 1.83 bits per heavy atom. The van der Waals surface area contributed by atoms with E-state index in [0.717, 1.165) is 17.1 Å². The van der Waals surface area contributed by atoms with Crippen LogP contribution in [0.1, 0.15) is 28.2 Å². The summed E-state index contributed by atoms with van der Waals surface area (Å²) < 4.78 is 2.62. The minimum Gasteiger partial charge on any atom is -0.310 e. The van der Waals surface area contributed by atoms with Gasteiger partial charge in [0.05, 0.1) is 5.41 Å². The van der Waals surface area contributed by atoms with Crippen molar-refractivity contribution in [2.24, 2.45) is 5.92 Å². The number of anilines is 3. The molecule has 1 nitrogen and oxygen atoms in total. The third-order valence-corrected chi connectivity index (χ3v) is 12.9. The van der Waals surface area contributed by atoms with Gasteiger partial charge >= 0.3 is 0 Å². The summed E-state index contributed by atoms with van der Waals surface area (Å²) in [5, 5.41) is 7.67. The van der Waals surface area contributed by atoms with Crippen LogP contribution in [0, 0.1) is 5.92 Å². The Morgan fingerprint density at radius 2 is 1.02 bits per heavy atom. The Morgan fingerprint density at radius 1 is 0.434 bits per heavy atom. The van der Waals surface area contributed by atoms with Crippen LogP contribution in [0.15, 0.2) is 200 Å². The highest BCUT2D eigenvalue weighted by Crippen LogP contribution is 2.60. The number of fused-ring (bicyclic) bond motifs is 9. The average Bonchev–Trinajstić information content (AvgIpc) is 3.75. The van der Waals surface area contributed by atoms with Crippen LogP contribution in [-0.2, 0) is 5.41 Å². The molecule has 1 aromatic heterocycles. The van der Waals surface area contributed by atoms with E-state index in [0.29, 0.717) is 0 Å². The van der Waals surface area contributed by atoms with Crippen molar-refractivity contribution in [2.75, 3.05) is 4.90 Å². The maximum atomic E-state index is 2.51. The topological polar surface area (TPSA) is 3.24 Å². The summed E-state index contributed by atoms with van der Waals surface area (Å²) in [6, 6.07) is 65.7. The van der Waals surface area contributed by atoms with Gasteiger partial charge in [0.25, 0.3) is 0 Å². The summed E-state index contributed by atoms with van der Waals surface area (Å²) in [6.07, 6.45) is 9.35. The third kappa shape index (κ3) is 4.56. The van der Waals surface area contributed by atoms with Gasteiger partial charge in [-0.05, 0) is 86.3 Å². The minimum atomic E-state index is -0.361. The molecule has 0 radical (unpaired) electrons. The van der Waals surface area contributed by atoms with Gasteiger partial charge in [-0.2, -0.15) is 0 Å². The Labute approximate surface area is 313 Å². The predicted octanol–water partition coefficient (Wildman–Crippen LogP) is 14.0. The highest BCUT2D eigenvalue weighted by atomic mass is 32.1. The lowest BCUT2D eigenvalue weighted by atomic mass is 9.63. The molecule has 1 heterocycles. The summed E-state index contributed by atoms with van der Waals surface area (Å²) >= 11 is 1.87. The lowest BCUT2D eigenvalue weighted by molar-refractivity contribution is 0.457. The molecule has 0 saturated carbocycles. The van der Waals surface area contributed by atoms with Gasteiger partial charge in [-0.25, -0.2) is 0 Å². The Bertz CT molecular complexity index is 2880. The second-order valence-electron chi connectivity index (χ2n) is 14.4. The standard InChI is InChI=1S/C51H35NS/c1-3-14-36(15-4-1)51(37-16-5-2-6-17-37)47-21-11-9-19-42(47)43-29-27-39(32-48(43)51)52(40-28-30-45-44-20-10-12-22-49(44)53-50(45)33-40)38-26-25-35-24-23-34-13-7-8-18-41(34)46(35)31-38/h1-33,42,47H. The van der Waals surface area contributed by atoms with Crippen LogP contribution in [-0.4, -0.2) is 0 Å². The number of nitrogens with zero attached hydrogens (tertiary/aromatic N) is 1. The quantitative estimate of drug-likeness (QED) is 0.162. The lowest BCUT2D eigenvalue weighted by Gasteiger charge is -2.39. The molecular weight excluding hydrogens is 659 g/mol. The number of rotatable bonds is 5. The summed E-state index contributed by atoms with van der Waals surface area (Å²) in [6.45, 7) is 0. The molecule has 0 bridgehead atoms. The van der Waals surface area contributed by atoms with E-state index in [4.69, 9.17) is 0 Å². The first-order valence-corrected chi connectivity index (χ1v) is 19.3. The molecule has 250 valence electrons. The third-order valence-electron chi connectivity index (χ3n) is 11.8. The molecule has 0 spiro atoms. The van der Waals surface area contributed by atoms with Gasteiger partial charge in [-0.15, -0.1) is 11.3 Å². The van der Waals surface area contributed by atoms with Crippen LogP contribution in [0.5, 0.6) is 0 Å². The molecule has 0 saturated heterocycles. The van der Waals surface area contributed by atoms with Crippen molar-refractivity contribution >= 4 is 70.1 Å². The normalized spacial score (nSPS) is 17.1. The molecule has 9 aromatic rings. The molecule has 2 atom stereocenters. The van der Waals surface area contributed by atoms with Gasteiger partial charge in [0, 0.05) is 49.1 Å². The molecule has 8 aromatic carbocycles. The molecule has 0 fully saturated rings. The van der Waals surface area contributed by atoms with E-state index in [1.807, 2.05) is 11.3 Å². The van der Waals surface area contributed by atoms with Crippen molar-refractivity contribution in [3.8, 4) is 0 Å². The molecule has 2 heteroatoms. The van der Waals surface area contributed by atoms with Crippen LogP contribution in [0.25, 0.3) is 41.7 Å². The zero-order chi connectivity index (χ0) is 34.9. The fraction of sp³-hybridized carbons (Fsp3) is 0.0588. The second kappa shape index (κ2) is 11.9. The van der Waals surface area contributed by atoms with Gasteiger partial charge in [0.2, 0.25) is 0 Å². The molecule has 2 unspecified atom stereocenters. The lowest BCUT2D eigenvalue weighted by Crippen LogP contribution is -2.35. The highest BCUT2D eigenvalue weighted by molar-refractivity contribution is 7.25. The molecule has 0 N–H and O–H groups in total. The van der Waals surface area contributed by atoms with E-state index in [2.05, 4.69) is 205 Å². The number of thiophene rings is 1. The zero-order valence-corrected chi connectivity index (χ0v) is 29.9.